The van der Waals surface area contributed by atoms with Crippen molar-refractivity contribution in [3.8, 4) is 0 Å². The summed E-state index contributed by atoms with van der Waals surface area (Å²) in [4.78, 5) is 15.5. The summed E-state index contributed by atoms with van der Waals surface area (Å²) in [6.07, 6.45) is 2.02. The average molecular weight is 345 g/mol. The van der Waals surface area contributed by atoms with Crippen molar-refractivity contribution < 1.29 is 9.90 Å². The highest BCUT2D eigenvalue weighted by Gasteiger charge is 2.32. The maximum Gasteiger partial charge on any atom is 0.317 e. The van der Waals surface area contributed by atoms with E-state index >= 15 is 0 Å². The zero-order valence-corrected chi connectivity index (χ0v) is 14.4. The largest absolute Gasteiger partial charge is 0.480 e. The summed E-state index contributed by atoms with van der Waals surface area (Å²) < 4.78 is 0. The Hall–Kier alpha value is -1.96. The number of benzene rings is 1. The van der Waals surface area contributed by atoms with Crippen molar-refractivity contribution in [1.29, 1.82) is 5.41 Å². The van der Waals surface area contributed by atoms with Crippen molar-refractivity contribution in [1.82, 2.24) is 15.1 Å². The normalized spacial score (nSPS) is 23.4. The standard InChI is InChI=1S/C18H27N5O2/c19-18(20)14-3-1-13(2-4-14)16-11-21-7-10-23(16)15-5-8-22(9-6-15)12-17(24)25/h1-4,15-16,21H,5-12H2,(H3,19,20)(H,24,25). The molecule has 2 saturated heterocycles. The lowest BCUT2D eigenvalue weighted by molar-refractivity contribution is -0.138. The van der Waals surface area contributed by atoms with Crippen LogP contribution in [0.3, 0.4) is 0 Å². The summed E-state index contributed by atoms with van der Waals surface area (Å²) in [5.41, 5.74) is 7.54. The van der Waals surface area contributed by atoms with Gasteiger partial charge in [-0.15, -0.1) is 0 Å². The number of hydrogen-bond acceptors (Lipinski definition) is 5. The smallest absolute Gasteiger partial charge is 0.317 e. The number of rotatable bonds is 5. The molecule has 0 saturated carbocycles. The Morgan fingerprint density at radius 2 is 1.92 bits per heavy atom. The van der Waals surface area contributed by atoms with E-state index in [2.05, 4.69) is 22.3 Å². The summed E-state index contributed by atoms with van der Waals surface area (Å²) in [6, 6.07) is 8.78. The van der Waals surface area contributed by atoms with Crippen LogP contribution in [0.1, 0.15) is 30.0 Å². The van der Waals surface area contributed by atoms with Gasteiger partial charge in [-0.1, -0.05) is 24.3 Å². The molecule has 0 radical (unpaired) electrons. The molecule has 3 rings (SSSR count). The van der Waals surface area contributed by atoms with Crippen LogP contribution in [0.4, 0.5) is 0 Å². The molecule has 2 aliphatic rings. The molecule has 1 aromatic rings. The van der Waals surface area contributed by atoms with Gasteiger partial charge in [-0.25, -0.2) is 0 Å². The maximum atomic E-state index is 10.9. The van der Waals surface area contributed by atoms with E-state index < -0.39 is 5.97 Å². The first-order valence-corrected chi connectivity index (χ1v) is 8.89. The van der Waals surface area contributed by atoms with Crippen LogP contribution in [0, 0.1) is 5.41 Å². The number of nitrogens with one attached hydrogen (secondary N) is 2. The molecule has 0 bridgehead atoms. The minimum atomic E-state index is -0.746. The SMILES string of the molecule is N=C(N)c1ccc(C2CNCCN2C2CCN(CC(=O)O)CC2)cc1. The fraction of sp³-hybridized carbons (Fsp3) is 0.556. The van der Waals surface area contributed by atoms with Crippen LogP contribution in [-0.4, -0.2) is 72.0 Å². The lowest BCUT2D eigenvalue weighted by atomic mass is 9.95. The summed E-state index contributed by atoms with van der Waals surface area (Å²) in [6.45, 7) is 4.73. The van der Waals surface area contributed by atoms with Crippen molar-refractivity contribution in [3.63, 3.8) is 0 Å². The third kappa shape index (κ3) is 4.36. The number of carboxylic acids is 1. The van der Waals surface area contributed by atoms with E-state index in [-0.39, 0.29) is 12.4 Å². The Morgan fingerprint density at radius 1 is 1.24 bits per heavy atom. The lowest BCUT2D eigenvalue weighted by Crippen LogP contribution is -2.53. The quantitative estimate of drug-likeness (QED) is 0.457. The van der Waals surface area contributed by atoms with E-state index in [1.54, 1.807) is 0 Å². The van der Waals surface area contributed by atoms with Crippen LogP contribution in [0.25, 0.3) is 0 Å². The number of nitrogen functional groups attached to an aromatic ring is 1. The number of likely N-dealkylation sites (tertiary alicyclic amines) is 1. The Balaban J connectivity index is 1.67. The molecule has 2 aliphatic heterocycles. The van der Waals surface area contributed by atoms with Gasteiger partial charge in [0.1, 0.15) is 5.84 Å². The first kappa shape index (κ1) is 17.8. The van der Waals surface area contributed by atoms with Gasteiger partial charge in [-0.05, 0) is 18.4 Å². The van der Waals surface area contributed by atoms with Crippen molar-refractivity contribution in [2.24, 2.45) is 5.73 Å². The topological polar surface area (TPSA) is 106 Å². The molecule has 0 spiro atoms. The van der Waals surface area contributed by atoms with E-state index in [0.717, 1.165) is 51.1 Å². The first-order valence-electron chi connectivity index (χ1n) is 8.89. The first-order chi connectivity index (χ1) is 12.0. The highest BCUT2D eigenvalue weighted by Crippen LogP contribution is 2.29. The molecule has 1 unspecified atom stereocenters. The molecular weight excluding hydrogens is 318 g/mol. The Labute approximate surface area is 148 Å². The number of hydrogen-bond donors (Lipinski definition) is 4. The van der Waals surface area contributed by atoms with Gasteiger partial charge in [0.15, 0.2) is 0 Å². The molecule has 0 aliphatic carbocycles. The van der Waals surface area contributed by atoms with Gasteiger partial charge in [0, 0.05) is 50.4 Å². The second kappa shape index (κ2) is 7.95. The molecule has 2 fully saturated rings. The Bertz CT molecular complexity index is 610. The molecule has 7 nitrogen and oxygen atoms in total. The second-order valence-corrected chi connectivity index (χ2v) is 6.89. The number of piperazine rings is 1. The van der Waals surface area contributed by atoms with Gasteiger partial charge < -0.3 is 16.2 Å². The van der Waals surface area contributed by atoms with Crippen molar-refractivity contribution in [3.05, 3.63) is 35.4 Å². The maximum absolute atomic E-state index is 10.9. The van der Waals surface area contributed by atoms with Crippen molar-refractivity contribution >= 4 is 11.8 Å². The predicted molar refractivity (Wildman–Crippen MR) is 96.9 cm³/mol. The highest BCUT2D eigenvalue weighted by atomic mass is 16.4. The van der Waals surface area contributed by atoms with Gasteiger partial charge in [0.05, 0.1) is 6.54 Å². The number of piperidine rings is 1. The summed E-state index contributed by atoms with van der Waals surface area (Å²) >= 11 is 0. The van der Waals surface area contributed by atoms with E-state index in [0.29, 0.717) is 12.1 Å². The molecule has 2 heterocycles. The van der Waals surface area contributed by atoms with Gasteiger partial charge >= 0.3 is 5.97 Å². The van der Waals surface area contributed by atoms with Crippen LogP contribution in [0.2, 0.25) is 0 Å². The minimum Gasteiger partial charge on any atom is -0.480 e. The van der Waals surface area contributed by atoms with Crippen molar-refractivity contribution in [2.45, 2.75) is 24.9 Å². The average Bonchev–Trinajstić information content (AvgIpc) is 2.62. The van der Waals surface area contributed by atoms with Crippen molar-refractivity contribution in [2.75, 3.05) is 39.3 Å². The molecule has 1 aromatic carbocycles. The zero-order valence-electron chi connectivity index (χ0n) is 14.4. The third-order valence-electron chi connectivity index (χ3n) is 5.28. The highest BCUT2D eigenvalue weighted by molar-refractivity contribution is 5.94. The fourth-order valence-corrected chi connectivity index (χ4v) is 3.95. The number of amidine groups is 1. The van der Waals surface area contributed by atoms with Crippen LogP contribution in [0.5, 0.6) is 0 Å². The Morgan fingerprint density at radius 3 is 2.52 bits per heavy atom. The number of carboxylic acid groups (broad SMARTS) is 1. The van der Waals surface area contributed by atoms with Gasteiger partial charge in [-0.2, -0.15) is 0 Å². The van der Waals surface area contributed by atoms with E-state index in [1.807, 2.05) is 17.0 Å². The molecule has 0 amide bonds. The number of carbonyl (C=O) groups is 1. The summed E-state index contributed by atoms with van der Waals surface area (Å²) in [7, 11) is 0. The summed E-state index contributed by atoms with van der Waals surface area (Å²) in [5, 5.41) is 20.0. The number of nitrogens with zero attached hydrogens (tertiary/aromatic N) is 2. The molecule has 25 heavy (non-hydrogen) atoms. The van der Waals surface area contributed by atoms with Gasteiger partial charge in [-0.3, -0.25) is 20.0 Å². The molecule has 7 heteroatoms. The van der Waals surface area contributed by atoms with Gasteiger partial charge in [0.25, 0.3) is 0 Å². The van der Waals surface area contributed by atoms with Crippen LogP contribution in [-0.2, 0) is 4.79 Å². The molecule has 0 aromatic heterocycles. The van der Waals surface area contributed by atoms with E-state index in [9.17, 15) is 4.79 Å². The second-order valence-electron chi connectivity index (χ2n) is 6.89. The predicted octanol–water partition coefficient (Wildman–Crippen LogP) is 0.466. The third-order valence-corrected chi connectivity index (χ3v) is 5.28. The van der Waals surface area contributed by atoms with Crippen LogP contribution < -0.4 is 11.1 Å². The number of nitrogens with two attached hydrogens (primary N) is 1. The zero-order chi connectivity index (χ0) is 17.8. The lowest BCUT2D eigenvalue weighted by Gasteiger charge is -2.45. The van der Waals surface area contributed by atoms with E-state index in [1.165, 1.54) is 5.56 Å². The molecule has 1 atom stereocenters. The van der Waals surface area contributed by atoms with Crippen LogP contribution in [0.15, 0.2) is 24.3 Å². The number of aliphatic carboxylic acids is 1. The van der Waals surface area contributed by atoms with E-state index in [4.69, 9.17) is 16.2 Å². The summed E-state index contributed by atoms with van der Waals surface area (Å²) in [5.74, 6) is -0.653. The fourth-order valence-electron chi connectivity index (χ4n) is 3.95. The molecule has 5 N–H and O–H groups in total. The molecular formula is C18H27N5O2. The monoisotopic (exact) mass is 345 g/mol. The molecule has 136 valence electrons. The van der Waals surface area contributed by atoms with Crippen LogP contribution >= 0.6 is 0 Å². The van der Waals surface area contributed by atoms with Gasteiger partial charge in [0.2, 0.25) is 0 Å². The Kier molecular flexibility index (Phi) is 5.67. The minimum absolute atomic E-state index is 0.0935.